The van der Waals surface area contributed by atoms with E-state index in [-0.39, 0.29) is 5.54 Å². The van der Waals surface area contributed by atoms with Crippen LogP contribution in [0.5, 0.6) is 0 Å². The summed E-state index contributed by atoms with van der Waals surface area (Å²) in [4.78, 5) is 11.1. The normalized spacial score (nSPS) is 11.4. The number of nitrogens with one attached hydrogen (secondary N) is 1. The summed E-state index contributed by atoms with van der Waals surface area (Å²) in [6, 6.07) is 10.4. The van der Waals surface area contributed by atoms with Crippen molar-refractivity contribution >= 4 is 5.82 Å². The zero-order valence-electron chi connectivity index (χ0n) is 13.3. The fourth-order valence-corrected chi connectivity index (χ4v) is 1.93. The van der Waals surface area contributed by atoms with Crippen LogP contribution in [0.15, 0.2) is 42.7 Å². The van der Waals surface area contributed by atoms with Gasteiger partial charge in [-0.3, -0.25) is 4.98 Å². The van der Waals surface area contributed by atoms with Crippen LogP contribution in [0.3, 0.4) is 0 Å². The lowest BCUT2D eigenvalue weighted by Crippen LogP contribution is -2.35. The van der Waals surface area contributed by atoms with Crippen molar-refractivity contribution < 1.29 is 0 Å². The second-order valence-electron chi connectivity index (χ2n) is 6.31. The molecule has 0 aliphatic rings. The summed E-state index contributed by atoms with van der Waals surface area (Å²) < 4.78 is 0. The van der Waals surface area contributed by atoms with Crippen LogP contribution >= 0.6 is 0 Å². The standard InChI is InChI=1S/C17H24N4/c1-17(2,3)20-11-15-10-19-16(12-18-15)21(4)13-14-8-6-5-7-9-14/h5-10,12,20H,11,13H2,1-4H3. The highest BCUT2D eigenvalue weighted by atomic mass is 15.2. The van der Waals surface area contributed by atoms with Crippen LogP contribution in [-0.2, 0) is 13.1 Å². The summed E-state index contributed by atoms with van der Waals surface area (Å²) >= 11 is 0. The summed E-state index contributed by atoms with van der Waals surface area (Å²) in [5.41, 5.74) is 2.31. The Morgan fingerprint density at radius 1 is 1.05 bits per heavy atom. The number of hydrogen-bond donors (Lipinski definition) is 1. The van der Waals surface area contributed by atoms with Gasteiger partial charge in [-0.1, -0.05) is 30.3 Å². The third kappa shape index (κ3) is 5.16. The van der Waals surface area contributed by atoms with Crippen molar-refractivity contribution in [2.75, 3.05) is 11.9 Å². The molecular weight excluding hydrogens is 260 g/mol. The van der Waals surface area contributed by atoms with Gasteiger partial charge in [0, 0.05) is 25.7 Å². The van der Waals surface area contributed by atoms with Crippen molar-refractivity contribution in [2.45, 2.75) is 39.4 Å². The van der Waals surface area contributed by atoms with E-state index in [2.05, 4.69) is 65.2 Å². The van der Waals surface area contributed by atoms with Crippen molar-refractivity contribution in [3.05, 3.63) is 54.0 Å². The first kappa shape index (κ1) is 15.4. The molecule has 1 N–H and O–H groups in total. The summed E-state index contributed by atoms with van der Waals surface area (Å²) in [6.07, 6.45) is 3.68. The minimum Gasteiger partial charge on any atom is -0.354 e. The molecule has 0 radical (unpaired) electrons. The predicted molar refractivity (Wildman–Crippen MR) is 87.2 cm³/mol. The second-order valence-corrected chi connectivity index (χ2v) is 6.31. The van der Waals surface area contributed by atoms with Gasteiger partial charge in [0.25, 0.3) is 0 Å². The molecule has 0 spiro atoms. The van der Waals surface area contributed by atoms with E-state index in [1.165, 1.54) is 5.56 Å². The summed E-state index contributed by atoms with van der Waals surface area (Å²) in [7, 11) is 2.03. The molecular formula is C17H24N4. The molecule has 0 bridgehead atoms. The maximum Gasteiger partial charge on any atom is 0.147 e. The Morgan fingerprint density at radius 3 is 2.33 bits per heavy atom. The maximum absolute atomic E-state index is 4.50. The third-order valence-corrected chi connectivity index (χ3v) is 3.15. The lowest BCUT2D eigenvalue weighted by atomic mass is 10.1. The van der Waals surface area contributed by atoms with Crippen molar-refractivity contribution in [1.29, 1.82) is 0 Å². The van der Waals surface area contributed by atoms with Gasteiger partial charge in [-0.2, -0.15) is 0 Å². The Labute approximate surface area is 127 Å². The number of hydrogen-bond acceptors (Lipinski definition) is 4. The van der Waals surface area contributed by atoms with Crippen molar-refractivity contribution in [3.63, 3.8) is 0 Å². The van der Waals surface area contributed by atoms with Gasteiger partial charge in [0.1, 0.15) is 5.82 Å². The van der Waals surface area contributed by atoms with Crippen LogP contribution in [0.1, 0.15) is 32.0 Å². The first-order valence-electron chi connectivity index (χ1n) is 7.25. The zero-order valence-corrected chi connectivity index (χ0v) is 13.3. The van der Waals surface area contributed by atoms with Crippen molar-refractivity contribution in [3.8, 4) is 0 Å². The average Bonchev–Trinajstić information content (AvgIpc) is 2.46. The highest BCUT2D eigenvalue weighted by Crippen LogP contribution is 2.11. The Morgan fingerprint density at radius 2 is 1.76 bits per heavy atom. The number of benzene rings is 1. The van der Waals surface area contributed by atoms with Gasteiger partial charge in [0.05, 0.1) is 18.1 Å². The first-order valence-corrected chi connectivity index (χ1v) is 7.25. The molecule has 2 rings (SSSR count). The number of nitrogens with zero attached hydrogens (tertiary/aromatic N) is 3. The minimum atomic E-state index is 0.0878. The van der Waals surface area contributed by atoms with Gasteiger partial charge in [-0.15, -0.1) is 0 Å². The Bertz CT molecular complexity index is 543. The van der Waals surface area contributed by atoms with Gasteiger partial charge in [-0.25, -0.2) is 4.98 Å². The third-order valence-electron chi connectivity index (χ3n) is 3.15. The fraction of sp³-hybridized carbons (Fsp3) is 0.412. The summed E-state index contributed by atoms with van der Waals surface area (Å²) in [5.74, 6) is 0.887. The SMILES string of the molecule is CN(Cc1ccccc1)c1cnc(CNC(C)(C)C)cn1. The molecule has 0 saturated heterocycles. The van der Waals surface area contributed by atoms with E-state index in [1.54, 1.807) is 0 Å². The highest BCUT2D eigenvalue weighted by Gasteiger charge is 2.09. The molecule has 1 aromatic carbocycles. The predicted octanol–water partition coefficient (Wildman–Crippen LogP) is 3.00. The Hall–Kier alpha value is -1.94. The molecule has 0 saturated carbocycles. The maximum atomic E-state index is 4.50. The van der Waals surface area contributed by atoms with E-state index in [0.717, 1.165) is 24.6 Å². The van der Waals surface area contributed by atoms with Crippen molar-refractivity contribution in [2.24, 2.45) is 0 Å². The molecule has 0 unspecified atom stereocenters. The quantitative estimate of drug-likeness (QED) is 0.916. The lowest BCUT2D eigenvalue weighted by molar-refractivity contribution is 0.421. The second kappa shape index (κ2) is 6.68. The molecule has 0 aliphatic carbocycles. The average molecular weight is 284 g/mol. The van der Waals surface area contributed by atoms with Gasteiger partial charge in [0.15, 0.2) is 0 Å². The first-order chi connectivity index (χ1) is 9.94. The van der Waals surface area contributed by atoms with Gasteiger partial charge < -0.3 is 10.2 Å². The smallest absolute Gasteiger partial charge is 0.147 e. The van der Waals surface area contributed by atoms with E-state index in [0.29, 0.717) is 0 Å². The topological polar surface area (TPSA) is 41.1 Å². The van der Waals surface area contributed by atoms with Crippen LogP contribution < -0.4 is 10.2 Å². The molecule has 0 fully saturated rings. The highest BCUT2D eigenvalue weighted by molar-refractivity contribution is 5.36. The summed E-state index contributed by atoms with van der Waals surface area (Å²) in [6.45, 7) is 7.99. The number of rotatable bonds is 5. The van der Waals surface area contributed by atoms with E-state index < -0.39 is 0 Å². The van der Waals surface area contributed by atoms with Gasteiger partial charge in [0.2, 0.25) is 0 Å². The molecule has 2 aromatic rings. The van der Waals surface area contributed by atoms with Crippen molar-refractivity contribution in [1.82, 2.24) is 15.3 Å². The molecule has 1 aromatic heterocycles. The van der Waals surface area contributed by atoms with E-state index in [9.17, 15) is 0 Å². The molecule has 0 atom stereocenters. The van der Waals surface area contributed by atoms with E-state index >= 15 is 0 Å². The van der Waals surface area contributed by atoms with Gasteiger partial charge >= 0.3 is 0 Å². The number of anilines is 1. The van der Waals surface area contributed by atoms with Crippen LogP contribution in [-0.4, -0.2) is 22.6 Å². The molecule has 21 heavy (non-hydrogen) atoms. The molecule has 4 nitrogen and oxygen atoms in total. The van der Waals surface area contributed by atoms with Crippen LogP contribution in [0.2, 0.25) is 0 Å². The molecule has 0 amide bonds. The van der Waals surface area contributed by atoms with E-state index in [4.69, 9.17) is 0 Å². The van der Waals surface area contributed by atoms with Crippen LogP contribution in [0, 0.1) is 0 Å². The largest absolute Gasteiger partial charge is 0.354 e. The lowest BCUT2D eigenvalue weighted by Gasteiger charge is -2.21. The molecule has 1 heterocycles. The number of aromatic nitrogens is 2. The van der Waals surface area contributed by atoms with Crippen LogP contribution in [0.4, 0.5) is 5.82 Å². The Balaban J connectivity index is 1.95. The van der Waals surface area contributed by atoms with E-state index in [1.807, 2.05) is 25.5 Å². The fourth-order valence-electron chi connectivity index (χ4n) is 1.93. The zero-order chi connectivity index (χ0) is 15.3. The Kier molecular flexibility index (Phi) is 4.91. The monoisotopic (exact) mass is 284 g/mol. The van der Waals surface area contributed by atoms with Gasteiger partial charge in [-0.05, 0) is 26.3 Å². The van der Waals surface area contributed by atoms with Crippen LogP contribution in [0.25, 0.3) is 0 Å². The molecule has 0 aliphatic heterocycles. The molecule has 112 valence electrons. The minimum absolute atomic E-state index is 0.0878. The molecule has 4 heteroatoms. The summed E-state index contributed by atoms with van der Waals surface area (Å²) in [5, 5.41) is 3.41.